The molecule has 0 unspecified atom stereocenters. The smallest absolute Gasteiger partial charge is 0.343 e. The van der Waals surface area contributed by atoms with E-state index in [0.717, 1.165) is 40.6 Å². The standard InChI is InChI=1S/C21H19FN2O3/c1-11-14(13-5-6-17(22)18(23)9-13)7-8-24-19(11)15(12-3-4-12)10-16(20(24)25)21(26)27-2/h5-10,12H,3-4,23H2,1-2H3. The molecule has 0 saturated heterocycles. The van der Waals surface area contributed by atoms with E-state index >= 15 is 0 Å². The van der Waals surface area contributed by atoms with Crippen molar-refractivity contribution in [1.29, 1.82) is 0 Å². The Kier molecular flexibility index (Phi) is 3.98. The molecule has 0 radical (unpaired) electrons. The quantitative estimate of drug-likeness (QED) is 0.567. The van der Waals surface area contributed by atoms with Crippen molar-refractivity contribution in [3.63, 3.8) is 0 Å². The summed E-state index contributed by atoms with van der Waals surface area (Å²) in [4.78, 5) is 24.8. The second-order valence-electron chi connectivity index (χ2n) is 6.89. The Hall–Kier alpha value is -3.15. The average molecular weight is 366 g/mol. The van der Waals surface area contributed by atoms with E-state index in [1.807, 2.05) is 6.92 Å². The number of aromatic nitrogens is 1. The third-order valence-electron chi connectivity index (χ3n) is 5.14. The number of nitrogens with two attached hydrogens (primary N) is 1. The van der Waals surface area contributed by atoms with E-state index < -0.39 is 17.3 Å². The fraction of sp³-hybridized carbons (Fsp3) is 0.238. The van der Waals surface area contributed by atoms with Crippen LogP contribution in [-0.2, 0) is 4.74 Å². The third-order valence-corrected chi connectivity index (χ3v) is 5.14. The number of pyridine rings is 2. The Labute approximate surface area is 155 Å². The largest absolute Gasteiger partial charge is 0.465 e. The van der Waals surface area contributed by atoms with Crippen molar-refractivity contribution in [1.82, 2.24) is 4.40 Å². The van der Waals surface area contributed by atoms with Crippen molar-refractivity contribution in [2.24, 2.45) is 0 Å². The van der Waals surface area contributed by atoms with Gasteiger partial charge in [-0.1, -0.05) is 6.07 Å². The van der Waals surface area contributed by atoms with Gasteiger partial charge in [0.25, 0.3) is 5.56 Å². The summed E-state index contributed by atoms with van der Waals surface area (Å²) in [6.45, 7) is 1.92. The van der Waals surface area contributed by atoms with Gasteiger partial charge in [-0.15, -0.1) is 0 Å². The lowest BCUT2D eigenvalue weighted by Gasteiger charge is -2.16. The molecule has 1 aliphatic carbocycles. The lowest BCUT2D eigenvalue weighted by molar-refractivity contribution is 0.0598. The molecule has 5 nitrogen and oxygen atoms in total. The minimum Gasteiger partial charge on any atom is -0.465 e. The summed E-state index contributed by atoms with van der Waals surface area (Å²) in [6.07, 6.45) is 3.68. The highest BCUT2D eigenvalue weighted by molar-refractivity contribution is 5.90. The predicted molar refractivity (Wildman–Crippen MR) is 102 cm³/mol. The molecule has 1 aliphatic rings. The van der Waals surface area contributed by atoms with Gasteiger partial charge in [0.15, 0.2) is 0 Å². The van der Waals surface area contributed by atoms with Crippen molar-refractivity contribution in [3.8, 4) is 11.1 Å². The molecule has 1 saturated carbocycles. The maximum absolute atomic E-state index is 13.5. The van der Waals surface area contributed by atoms with Crippen LogP contribution < -0.4 is 11.3 Å². The van der Waals surface area contributed by atoms with Crippen LogP contribution in [0.2, 0.25) is 0 Å². The molecule has 2 N–H and O–H groups in total. The number of benzene rings is 1. The van der Waals surface area contributed by atoms with Crippen molar-refractivity contribution in [2.75, 3.05) is 12.8 Å². The van der Waals surface area contributed by atoms with Crippen LogP contribution in [0.15, 0.2) is 41.3 Å². The van der Waals surface area contributed by atoms with E-state index in [-0.39, 0.29) is 11.3 Å². The van der Waals surface area contributed by atoms with Crippen molar-refractivity contribution in [2.45, 2.75) is 25.7 Å². The van der Waals surface area contributed by atoms with E-state index in [1.54, 1.807) is 30.5 Å². The molecule has 27 heavy (non-hydrogen) atoms. The maximum atomic E-state index is 13.5. The summed E-state index contributed by atoms with van der Waals surface area (Å²) in [5, 5.41) is 0. The van der Waals surface area contributed by atoms with Crippen LogP contribution in [0.4, 0.5) is 10.1 Å². The predicted octanol–water partition coefficient (Wildman–Crippen LogP) is 3.66. The van der Waals surface area contributed by atoms with Gasteiger partial charge in [-0.2, -0.15) is 0 Å². The van der Waals surface area contributed by atoms with Gasteiger partial charge >= 0.3 is 5.97 Å². The van der Waals surface area contributed by atoms with Crippen LogP contribution in [0, 0.1) is 12.7 Å². The second-order valence-corrected chi connectivity index (χ2v) is 6.89. The van der Waals surface area contributed by atoms with Gasteiger partial charge in [-0.25, -0.2) is 9.18 Å². The maximum Gasteiger partial charge on any atom is 0.343 e. The third kappa shape index (κ3) is 2.77. The summed E-state index contributed by atoms with van der Waals surface area (Å²) >= 11 is 0. The molecule has 138 valence electrons. The zero-order valence-corrected chi connectivity index (χ0v) is 15.1. The first-order chi connectivity index (χ1) is 12.9. The van der Waals surface area contributed by atoms with E-state index in [0.29, 0.717) is 5.92 Å². The number of esters is 1. The van der Waals surface area contributed by atoms with Gasteiger partial charge in [-0.05, 0) is 72.2 Å². The zero-order chi connectivity index (χ0) is 19.3. The number of aryl methyl sites for hydroxylation is 1. The molecule has 0 amide bonds. The lowest BCUT2D eigenvalue weighted by atomic mass is 9.96. The lowest BCUT2D eigenvalue weighted by Crippen LogP contribution is -2.24. The molecule has 0 spiro atoms. The molecule has 0 bridgehead atoms. The highest BCUT2D eigenvalue weighted by atomic mass is 19.1. The number of hydrogen-bond donors (Lipinski definition) is 1. The molecular weight excluding hydrogens is 347 g/mol. The first kappa shape index (κ1) is 17.3. The number of anilines is 1. The number of fused-ring (bicyclic) bond motifs is 1. The molecular formula is C21H19FN2O3. The topological polar surface area (TPSA) is 73.8 Å². The van der Waals surface area contributed by atoms with Gasteiger partial charge in [0.1, 0.15) is 11.4 Å². The summed E-state index contributed by atoms with van der Waals surface area (Å²) in [5.41, 5.74) is 9.71. The molecule has 3 aromatic rings. The van der Waals surface area contributed by atoms with Crippen LogP contribution in [0.5, 0.6) is 0 Å². The summed E-state index contributed by atoms with van der Waals surface area (Å²) < 4.78 is 19.8. The Bertz CT molecular complexity index is 1150. The van der Waals surface area contributed by atoms with Gasteiger partial charge in [0, 0.05) is 6.20 Å². The van der Waals surface area contributed by atoms with Crippen LogP contribution in [0.25, 0.3) is 16.6 Å². The number of ether oxygens (including phenoxy) is 1. The van der Waals surface area contributed by atoms with Crippen molar-refractivity contribution >= 4 is 17.2 Å². The first-order valence-electron chi connectivity index (χ1n) is 8.75. The van der Waals surface area contributed by atoms with Gasteiger partial charge in [0.2, 0.25) is 0 Å². The number of carbonyl (C=O) groups excluding carboxylic acids is 1. The van der Waals surface area contributed by atoms with E-state index in [4.69, 9.17) is 10.5 Å². The van der Waals surface area contributed by atoms with Crippen LogP contribution in [0.1, 0.15) is 40.2 Å². The average Bonchev–Trinajstić information content (AvgIpc) is 3.49. The van der Waals surface area contributed by atoms with Gasteiger partial charge in [0.05, 0.1) is 18.3 Å². The summed E-state index contributed by atoms with van der Waals surface area (Å²) in [7, 11) is 1.26. The van der Waals surface area contributed by atoms with E-state index in [2.05, 4.69) is 0 Å². The molecule has 2 aromatic heterocycles. The van der Waals surface area contributed by atoms with Crippen LogP contribution in [-0.4, -0.2) is 17.5 Å². The van der Waals surface area contributed by atoms with Gasteiger partial charge in [-0.3, -0.25) is 9.20 Å². The zero-order valence-electron chi connectivity index (χ0n) is 15.1. The molecule has 2 heterocycles. The van der Waals surface area contributed by atoms with E-state index in [9.17, 15) is 14.0 Å². The molecule has 1 fully saturated rings. The molecule has 6 heteroatoms. The van der Waals surface area contributed by atoms with Gasteiger partial charge < -0.3 is 10.5 Å². The second kappa shape index (κ2) is 6.23. The number of halogens is 1. The highest BCUT2D eigenvalue weighted by Crippen LogP contribution is 2.43. The van der Waals surface area contributed by atoms with Crippen LogP contribution in [0.3, 0.4) is 0 Å². The number of nitrogens with zero attached hydrogens (tertiary/aromatic N) is 1. The van der Waals surface area contributed by atoms with E-state index in [1.165, 1.54) is 17.6 Å². The summed E-state index contributed by atoms with van der Waals surface area (Å²) in [5.74, 6) is -0.782. The Morgan fingerprint density at radius 3 is 2.63 bits per heavy atom. The number of nitrogen functional groups attached to an aromatic ring is 1. The minimum atomic E-state index is -0.635. The fourth-order valence-corrected chi connectivity index (χ4v) is 3.58. The highest BCUT2D eigenvalue weighted by Gasteiger charge is 2.29. The fourth-order valence-electron chi connectivity index (χ4n) is 3.58. The SMILES string of the molecule is COC(=O)c1cc(C2CC2)c2c(C)c(-c3ccc(F)c(N)c3)ccn2c1=O. The number of carbonyl (C=O) groups is 1. The van der Waals surface area contributed by atoms with Crippen molar-refractivity contribution < 1.29 is 13.9 Å². The Balaban J connectivity index is 2.02. The first-order valence-corrected chi connectivity index (χ1v) is 8.75. The number of hydrogen-bond acceptors (Lipinski definition) is 4. The number of rotatable bonds is 3. The normalized spacial score (nSPS) is 13.7. The molecule has 4 rings (SSSR count). The Morgan fingerprint density at radius 2 is 2.00 bits per heavy atom. The minimum absolute atomic E-state index is 0.0371. The molecule has 0 aliphatic heterocycles. The summed E-state index contributed by atoms with van der Waals surface area (Å²) in [6, 6.07) is 8.04. The monoisotopic (exact) mass is 366 g/mol. The Morgan fingerprint density at radius 1 is 1.26 bits per heavy atom. The molecule has 1 aromatic carbocycles. The molecule has 0 atom stereocenters. The van der Waals surface area contributed by atoms with Crippen molar-refractivity contribution in [3.05, 3.63) is 69.4 Å². The number of methoxy groups -OCH3 is 1. The van der Waals surface area contributed by atoms with Crippen LogP contribution >= 0.6 is 0 Å².